The van der Waals surface area contributed by atoms with Gasteiger partial charge in [0.2, 0.25) is 0 Å². The number of nitrogens with two attached hydrogens (primary N) is 1. The quantitative estimate of drug-likeness (QED) is 0.412. The molecule has 5 nitrogen and oxygen atoms in total. The third-order valence-electron chi connectivity index (χ3n) is 4.86. The van der Waals surface area contributed by atoms with Crippen LogP contribution in [0.1, 0.15) is 29.5 Å². The van der Waals surface area contributed by atoms with Gasteiger partial charge >= 0.3 is 18.4 Å². The van der Waals surface area contributed by atoms with Gasteiger partial charge in [-0.3, -0.25) is 9.89 Å². The zero-order valence-corrected chi connectivity index (χ0v) is 17.5. The number of carbonyl (C=O) groups excluding carboxylic acids is 1. The molecule has 0 unspecified atom stereocenters. The first-order valence-corrected chi connectivity index (χ1v) is 9.80. The summed E-state index contributed by atoms with van der Waals surface area (Å²) in [5, 5.41) is 0. The summed E-state index contributed by atoms with van der Waals surface area (Å²) in [5.41, 5.74) is 1.12. The predicted octanol–water partition coefficient (Wildman–Crippen LogP) is 6.03. The number of ether oxygens (including phenoxy) is 1. The standard InChI is InChI=1S/C22H18F7N3O2/c1-32(16-6-2-14(23)3-7-16)20(33)34-19-17(12(10-30)11-31-15-4-5-15)8-13(21(24,25)26)9-18(19)22(27,28)29/h2-3,6-11,15H,4-5,30H2,1H3/b12-10+,31-11?. The lowest BCUT2D eigenvalue weighted by Crippen LogP contribution is -2.30. The average molecular weight is 489 g/mol. The van der Waals surface area contributed by atoms with Crippen LogP contribution in [0.5, 0.6) is 5.75 Å². The van der Waals surface area contributed by atoms with Crippen LogP contribution in [-0.2, 0) is 12.4 Å². The zero-order chi connectivity index (χ0) is 25.3. The molecule has 0 heterocycles. The van der Waals surface area contributed by atoms with Gasteiger partial charge in [0.15, 0.2) is 5.75 Å². The second kappa shape index (κ2) is 9.35. The Bertz CT molecular complexity index is 1120. The van der Waals surface area contributed by atoms with Gasteiger partial charge in [-0.15, -0.1) is 0 Å². The van der Waals surface area contributed by atoms with E-state index in [9.17, 15) is 35.5 Å². The average Bonchev–Trinajstić information content (AvgIpc) is 3.57. The summed E-state index contributed by atoms with van der Waals surface area (Å²) in [6.07, 6.45) is -8.53. The number of nitrogens with zero attached hydrogens (tertiary/aromatic N) is 2. The van der Waals surface area contributed by atoms with E-state index in [1.807, 2.05) is 0 Å². The van der Waals surface area contributed by atoms with Gasteiger partial charge in [-0.25, -0.2) is 9.18 Å². The van der Waals surface area contributed by atoms with Crippen molar-refractivity contribution in [3.8, 4) is 5.75 Å². The Labute approximate surface area is 189 Å². The van der Waals surface area contributed by atoms with Crippen LogP contribution in [0.3, 0.4) is 0 Å². The van der Waals surface area contributed by atoms with Crippen molar-refractivity contribution < 1.29 is 40.3 Å². The molecule has 1 aliphatic carbocycles. The number of allylic oxidation sites excluding steroid dienone is 1. The number of alkyl halides is 6. The maximum Gasteiger partial charge on any atom is 0.420 e. The van der Waals surface area contributed by atoms with Crippen LogP contribution < -0.4 is 15.4 Å². The van der Waals surface area contributed by atoms with E-state index in [0.717, 1.165) is 49.3 Å². The van der Waals surface area contributed by atoms with Gasteiger partial charge in [0, 0.05) is 36.3 Å². The summed E-state index contributed by atoms with van der Waals surface area (Å²) in [4.78, 5) is 17.5. The number of benzene rings is 2. The molecule has 2 aromatic rings. The number of hydrogen-bond acceptors (Lipinski definition) is 4. The SMILES string of the molecule is CN(C(=O)Oc1c(/C(C=NC2CC2)=C/N)cc(C(F)(F)F)cc1C(F)(F)F)c1ccc(F)cc1. The van der Waals surface area contributed by atoms with E-state index in [0.29, 0.717) is 6.07 Å². The fraction of sp³-hybridized carbons (Fsp3) is 0.273. The van der Waals surface area contributed by atoms with Crippen molar-refractivity contribution in [2.45, 2.75) is 31.2 Å². The molecule has 34 heavy (non-hydrogen) atoms. The molecule has 1 saturated carbocycles. The molecule has 2 N–H and O–H groups in total. The first-order valence-electron chi connectivity index (χ1n) is 9.80. The van der Waals surface area contributed by atoms with Crippen LogP contribution in [-0.4, -0.2) is 25.4 Å². The molecule has 1 fully saturated rings. The van der Waals surface area contributed by atoms with Gasteiger partial charge in [-0.05, 0) is 49.2 Å². The van der Waals surface area contributed by atoms with Crippen LogP contribution in [0.15, 0.2) is 47.6 Å². The number of hydrogen-bond donors (Lipinski definition) is 1. The summed E-state index contributed by atoms with van der Waals surface area (Å²) in [7, 11) is 1.14. The van der Waals surface area contributed by atoms with E-state index in [-0.39, 0.29) is 23.4 Å². The van der Waals surface area contributed by atoms with Crippen molar-refractivity contribution in [2.24, 2.45) is 10.7 Å². The normalized spacial score (nSPS) is 15.0. The number of rotatable bonds is 5. The van der Waals surface area contributed by atoms with Gasteiger partial charge in [0.1, 0.15) is 5.82 Å². The highest BCUT2D eigenvalue weighted by molar-refractivity contribution is 6.11. The van der Waals surface area contributed by atoms with Crippen molar-refractivity contribution in [2.75, 3.05) is 11.9 Å². The van der Waals surface area contributed by atoms with Crippen LogP contribution in [0.4, 0.5) is 41.2 Å². The smallest absolute Gasteiger partial charge is 0.409 e. The first-order chi connectivity index (χ1) is 15.8. The first kappa shape index (κ1) is 25.1. The molecule has 0 saturated heterocycles. The molecule has 182 valence electrons. The monoisotopic (exact) mass is 489 g/mol. The lowest BCUT2D eigenvalue weighted by molar-refractivity contribution is -0.143. The molecule has 0 aliphatic heterocycles. The maximum absolute atomic E-state index is 13.8. The van der Waals surface area contributed by atoms with Crippen LogP contribution >= 0.6 is 0 Å². The number of halogens is 7. The Morgan fingerprint density at radius 2 is 1.71 bits per heavy atom. The van der Waals surface area contributed by atoms with Crippen LogP contribution in [0, 0.1) is 5.82 Å². The number of carbonyl (C=O) groups is 1. The Morgan fingerprint density at radius 1 is 1.09 bits per heavy atom. The largest absolute Gasteiger partial charge is 0.420 e. The summed E-state index contributed by atoms with van der Waals surface area (Å²) < 4.78 is 99.8. The van der Waals surface area contributed by atoms with E-state index in [4.69, 9.17) is 10.5 Å². The van der Waals surface area contributed by atoms with Crippen molar-refractivity contribution in [1.82, 2.24) is 0 Å². The van der Waals surface area contributed by atoms with Crippen molar-refractivity contribution in [3.05, 3.63) is 65.1 Å². The summed E-state index contributed by atoms with van der Waals surface area (Å²) >= 11 is 0. The van der Waals surface area contributed by atoms with Crippen LogP contribution in [0.2, 0.25) is 0 Å². The Balaban J connectivity index is 2.13. The fourth-order valence-electron chi connectivity index (χ4n) is 2.87. The van der Waals surface area contributed by atoms with Gasteiger partial charge < -0.3 is 10.5 Å². The van der Waals surface area contributed by atoms with Gasteiger partial charge in [0.05, 0.1) is 17.2 Å². The van der Waals surface area contributed by atoms with E-state index < -0.39 is 46.7 Å². The second-order valence-electron chi connectivity index (χ2n) is 7.43. The highest BCUT2D eigenvalue weighted by Crippen LogP contribution is 2.44. The number of amides is 1. The lowest BCUT2D eigenvalue weighted by atomic mass is 9.98. The van der Waals surface area contributed by atoms with Crippen molar-refractivity contribution in [3.63, 3.8) is 0 Å². The summed E-state index contributed by atoms with van der Waals surface area (Å²) in [5.74, 6) is -1.79. The molecule has 3 rings (SSSR count). The highest BCUT2D eigenvalue weighted by Gasteiger charge is 2.41. The Hall–Kier alpha value is -3.57. The van der Waals surface area contributed by atoms with E-state index in [2.05, 4.69) is 4.99 Å². The molecule has 0 aromatic heterocycles. The van der Waals surface area contributed by atoms with Gasteiger partial charge in [-0.2, -0.15) is 26.3 Å². The predicted molar refractivity (Wildman–Crippen MR) is 111 cm³/mol. The van der Waals surface area contributed by atoms with Gasteiger partial charge in [0.25, 0.3) is 0 Å². The molecule has 1 aliphatic rings. The minimum absolute atomic E-state index is 0.0679. The Morgan fingerprint density at radius 3 is 2.21 bits per heavy atom. The minimum Gasteiger partial charge on any atom is -0.409 e. The summed E-state index contributed by atoms with van der Waals surface area (Å²) in [6.45, 7) is 0. The van der Waals surface area contributed by atoms with Crippen molar-refractivity contribution >= 4 is 23.6 Å². The van der Waals surface area contributed by atoms with Crippen molar-refractivity contribution in [1.29, 1.82) is 0 Å². The third-order valence-corrected chi connectivity index (χ3v) is 4.86. The Kier molecular flexibility index (Phi) is 6.89. The third kappa shape index (κ3) is 5.86. The van der Waals surface area contributed by atoms with Gasteiger partial charge in [-0.1, -0.05) is 0 Å². The molecular weight excluding hydrogens is 471 g/mol. The van der Waals surface area contributed by atoms with Crippen LogP contribution in [0.25, 0.3) is 5.57 Å². The lowest BCUT2D eigenvalue weighted by Gasteiger charge is -2.22. The number of aliphatic imine (C=N–C) groups is 1. The van der Waals surface area contributed by atoms with E-state index in [1.165, 1.54) is 12.1 Å². The minimum atomic E-state index is -5.31. The zero-order valence-electron chi connectivity index (χ0n) is 17.5. The molecule has 0 atom stereocenters. The molecule has 0 spiro atoms. The second-order valence-corrected chi connectivity index (χ2v) is 7.43. The molecule has 1 amide bonds. The molecule has 2 aromatic carbocycles. The summed E-state index contributed by atoms with van der Waals surface area (Å²) in [6, 6.07) is 4.51. The topological polar surface area (TPSA) is 67.9 Å². The number of anilines is 1. The highest BCUT2D eigenvalue weighted by atomic mass is 19.4. The maximum atomic E-state index is 13.8. The van der Waals surface area contributed by atoms with E-state index >= 15 is 0 Å². The van der Waals surface area contributed by atoms with E-state index in [1.54, 1.807) is 0 Å². The molecule has 12 heteroatoms. The molecular formula is C22H18F7N3O2. The molecule has 0 bridgehead atoms. The fourth-order valence-corrected chi connectivity index (χ4v) is 2.87. The molecule has 0 radical (unpaired) electrons.